The minimum Gasteiger partial charge on any atom is -0.463 e. The number of Topliss-reactive ketones (excluding diaryl/α,β-unsaturated/α-hetero) is 1. The first kappa shape index (κ1) is 21.1. The summed E-state index contributed by atoms with van der Waals surface area (Å²) in [6.45, 7) is 2.52. The van der Waals surface area contributed by atoms with E-state index in [0.29, 0.717) is 46.6 Å². The van der Waals surface area contributed by atoms with E-state index >= 15 is 0 Å². The number of rotatable bonds is 7. The van der Waals surface area contributed by atoms with Crippen molar-refractivity contribution in [1.82, 2.24) is 15.2 Å². The lowest BCUT2D eigenvalue weighted by Gasteiger charge is -2.16. The molecule has 166 valence electrons. The minimum atomic E-state index is -0.440. The molecule has 1 atom stereocenters. The van der Waals surface area contributed by atoms with Gasteiger partial charge >= 0.3 is 0 Å². The van der Waals surface area contributed by atoms with Crippen LogP contribution in [0.4, 0.5) is 5.69 Å². The number of thioether (sulfide) groups is 1. The maximum absolute atomic E-state index is 13.0. The van der Waals surface area contributed by atoms with Crippen molar-refractivity contribution >= 4 is 29.1 Å². The van der Waals surface area contributed by atoms with Crippen LogP contribution >= 0.6 is 11.8 Å². The highest BCUT2D eigenvalue weighted by atomic mass is 32.2. The zero-order chi connectivity index (χ0) is 22.8. The van der Waals surface area contributed by atoms with Gasteiger partial charge in [0, 0.05) is 24.2 Å². The van der Waals surface area contributed by atoms with E-state index in [4.69, 9.17) is 8.83 Å². The molecule has 1 saturated heterocycles. The van der Waals surface area contributed by atoms with Gasteiger partial charge in [-0.2, -0.15) is 0 Å². The topological polar surface area (TPSA) is 102 Å². The largest absolute Gasteiger partial charge is 0.463 e. The summed E-state index contributed by atoms with van der Waals surface area (Å²) in [5.41, 5.74) is 2.34. The van der Waals surface area contributed by atoms with Crippen LogP contribution in [-0.4, -0.2) is 38.7 Å². The van der Waals surface area contributed by atoms with Gasteiger partial charge in [-0.25, -0.2) is 4.98 Å². The van der Waals surface area contributed by atoms with Crippen molar-refractivity contribution < 1.29 is 18.4 Å². The van der Waals surface area contributed by atoms with Gasteiger partial charge in [0.25, 0.3) is 0 Å². The van der Waals surface area contributed by atoms with Crippen molar-refractivity contribution in [3.63, 3.8) is 0 Å². The molecule has 1 amide bonds. The molecule has 9 heteroatoms. The van der Waals surface area contributed by atoms with E-state index in [9.17, 15) is 9.59 Å². The third kappa shape index (κ3) is 4.31. The zero-order valence-corrected chi connectivity index (χ0v) is 18.6. The summed E-state index contributed by atoms with van der Waals surface area (Å²) in [4.78, 5) is 31.3. The molecule has 3 aromatic heterocycles. The summed E-state index contributed by atoms with van der Waals surface area (Å²) >= 11 is 1.22. The Hall–Kier alpha value is -3.72. The van der Waals surface area contributed by atoms with Crippen molar-refractivity contribution in [2.45, 2.75) is 30.2 Å². The zero-order valence-electron chi connectivity index (χ0n) is 17.8. The predicted octanol–water partition coefficient (Wildman–Crippen LogP) is 4.88. The third-order valence-electron chi connectivity index (χ3n) is 5.36. The quantitative estimate of drug-likeness (QED) is 0.284. The summed E-state index contributed by atoms with van der Waals surface area (Å²) in [7, 11) is 0. The van der Waals surface area contributed by atoms with Crippen LogP contribution in [0.5, 0.6) is 0 Å². The number of ketones is 1. The van der Waals surface area contributed by atoms with E-state index in [2.05, 4.69) is 15.2 Å². The highest BCUT2D eigenvalue weighted by Gasteiger charge is 2.24. The number of carbonyl (C=O) groups is 2. The Balaban J connectivity index is 1.35. The number of aromatic nitrogens is 3. The van der Waals surface area contributed by atoms with Crippen LogP contribution in [0.15, 0.2) is 75.0 Å². The maximum atomic E-state index is 13.0. The highest BCUT2D eigenvalue weighted by molar-refractivity contribution is 8.00. The van der Waals surface area contributed by atoms with Crippen LogP contribution in [0.2, 0.25) is 0 Å². The van der Waals surface area contributed by atoms with Crippen LogP contribution in [0.1, 0.15) is 30.1 Å². The van der Waals surface area contributed by atoms with Gasteiger partial charge in [0.2, 0.25) is 11.1 Å². The van der Waals surface area contributed by atoms with Crippen LogP contribution in [0.25, 0.3) is 22.9 Å². The van der Waals surface area contributed by atoms with Gasteiger partial charge in [0.1, 0.15) is 5.69 Å². The first-order valence-electron chi connectivity index (χ1n) is 10.5. The normalized spacial score (nSPS) is 14.6. The third-order valence-corrected chi connectivity index (χ3v) is 6.32. The van der Waals surface area contributed by atoms with Gasteiger partial charge in [-0.05, 0) is 61.9 Å². The molecule has 0 bridgehead atoms. The minimum absolute atomic E-state index is 0.0578. The van der Waals surface area contributed by atoms with E-state index in [0.717, 1.165) is 12.1 Å². The Labute approximate surface area is 194 Å². The van der Waals surface area contributed by atoms with Crippen LogP contribution in [-0.2, 0) is 4.79 Å². The number of benzene rings is 1. The first-order chi connectivity index (χ1) is 16.1. The fraction of sp³-hybridized carbons (Fsp3) is 0.208. The molecular formula is C24H20N4O4S. The number of hydrogen-bond acceptors (Lipinski definition) is 8. The summed E-state index contributed by atoms with van der Waals surface area (Å²) in [5.74, 6) is 1.12. The van der Waals surface area contributed by atoms with Gasteiger partial charge < -0.3 is 13.7 Å². The molecule has 0 spiro atoms. The smallest absolute Gasteiger partial charge is 0.227 e. The molecule has 4 aromatic rings. The maximum Gasteiger partial charge on any atom is 0.227 e. The van der Waals surface area contributed by atoms with Crippen LogP contribution < -0.4 is 4.90 Å². The summed E-state index contributed by atoms with van der Waals surface area (Å²) < 4.78 is 11.0. The van der Waals surface area contributed by atoms with E-state index in [1.807, 2.05) is 12.1 Å². The monoisotopic (exact) mass is 460 g/mol. The number of anilines is 1. The summed E-state index contributed by atoms with van der Waals surface area (Å²) in [5, 5.41) is 8.41. The van der Waals surface area contributed by atoms with Gasteiger partial charge in [-0.1, -0.05) is 11.8 Å². The lowest BCUT2D eigenvalue weighted by atomic mass is 10.1. The number of nitrogens with zero attached hydrogens (tertiary/aromatic N) is 4. The molecule has 33 heavy (non-hydrogen) atoms. The van der Waals surface area contributed by atoms with Crippen molar-refractivity contribution in [1.29, 1.82) is 0 Å². The number of carbonyl (C=O) groups excluding carboxylic acids is 2. The summed E-state index contributed by atoms with van der Waals surface area (Å²) in [6.07, 6.45) is 4.54. The molecule has 0 saturated carbocycles. The molecule has 1 aromatic carbocycles. The second kappa shape index (κ2) is 9.03. The van der Waals surface area contributed by atoms with Crippen molar-refractivity contribution in [3.05, 3.63) is 66.6 Å². The second-order valence-corrected chi connectivity index (χ2v) is 8.87. The van der Waals surface area contributed by atoms with E-state index < -0.39 is 5.25 Å². The van der Waals surface area contributed by atoms with Gasteiger partial charge in [-0.3, -0.25) is 9.59 Å². The Morgan fingerprint density at radius 3 is 2.30 bits per heavy atom. The molecule has 1 fully saturated rings. The predicted molar refractivity (Wildman–Crippen MR) is 123 cm³/mol. The van der Waals surface area contributed by atoms with Crippen LogP contribution in [0, 0.1) is 0 Å². The lowest BCUT2D eigenvalue weighted by Crippen LogP contribution is -2.23. The van der Waals surface area contributed by atoms with E-state index in [-0.39, 0.29) is 11.7 Å². The molecule has 1 unspecified atom stereocenters. The number of furan rings is 2. The molecule has 4 heterocycles. The Morgan fingerprint density at radius 2 is 1.70 bits per heavy atom. The van der Waals surface area contributed by atoms with Crippen molar-refractivity contribution in [3.8, 4) is 22.9 Å². The first-order valence-corrected chi connectivity index (χ1v) is 11.4. The molecule has 0 aliphatic carbocycles. The Morgan fingerprint density at radius 1 is 1.00 bits per heavy atom. The standard InChI is InChI=1S/C24H20N4O4S/c1-15(23(30)16-8-10-17(11-9-16)28-12-2-7-20(28)29)33-24-25-21(18-5-3-13-31-18)22(26-27-24)19-6-4-14-32-19/h3-6,8-11,13-15H,2,7,12H2,1H3. The van der Waals surface area contributed by atoms with E-state index in [1.165, 1.54) is 11.8 Å². The highest BCUT2D eigenvalue weighted by Crippen LogP contribution is 2.32. The van der Waals surface area contributed by atoms with Gasteiger partial charge in [0.15, 0.2) is 23.0 Å². The summed E-state index contributed by atoms with van der Waals surface area (Å²) in [6, 6.07) is 14.2. The SMILES string of the molecule is CC(Sc1nnc(-c2ccco2)c(-c2ccco2)n1)C(=O)c1ccc(N2CCCC2=O)cc1. The molecule has 5 rings (SSSR count). The fourth-order valence-electron chi connectivity index (χ4n) is 3.70. The van der Waals surface area contributed by atoms with Crippen LogP contribution in [0.3, 0.4) is 0 Å². The molecular weight excluding hydrogens is 440 g/mol. The number of amides is 1. The molecule has 0 N–H and O–H groups in total. The van der Waals surface area contributed by atoms with Gasteiger partial charge in [0.05, 0.1) is 17.8 Å². The van der Waals surface area contributed by atoms with Gasteiger partial charge in [-0.15, -0.1) is 10.2 Å². The Kier molecular flexibility index (Phi) is 5.78. The lowest BCUT2D eigenvalue weighted by molar-refractivity contribution is -0.117. The second-order valence-electron chi connectivity index (χ2n) is 7.57. The Bertz CT molecular complexity index is 1270. The average molecular weight is 461 g/mol. The van der Waals surface area contributed by atoms with E-state index in [1.54, 1.807) is 60.7 Å². The molecule has 1 aliphatic heterocycles. The average Bonchev–Trinajstić information content (AvgIpc) is 3.61. The molecule has 1 aliphatic rings. The van der Waals surface area contributed by atoms with Crippen molar-refractivity contribution in [2.75, 3.05) is 11.4 Å². The number of hydrogen-bond donors (Lipinski definition) is 0. The van der Waals surface area contributed by atoms with Crippen molar-refractivity contribution in [2.24, 2.45) is 0 Å². The molecule has 0 radical (unpaired) electrons. The fourth-order valence-corrected chi connectivity index (χ4v) is 4.49. The molecule has 8 nitrogen and oxygen atoms in total.